The SMILES string of the molecule is CN1C(=O)Cc2cc(S(=O)(=O)Nc3cc(C(F)(F)F)ccc3-n3cncn3)ccc21. The van der Waals surface area contributed by atoms with Crippen LogP contribution in [0.2, 0.25) is 0 Å². The summed E-state index contributed by atoms with van der Waals surface area (Å²) in [4.78, 5) is 16.8. The Bertz CT molecular complexity index is 1240. The fourth-order valence-corrected chi connectivity index (χ4v) is 4.26. The Morgan fingerprint density at radius 1 is 1.10 bits per heavy atom. The summed E-state index contributed by atoms with van der Waals surface area (Å²) in [6.45, 7) is 0. The molecule has 0 spiro atoms. The molecular weight excluding hydrogens is 423 g/mol. The van der Waals surface area contributed by atoms with Crippen LogP contribution >= 0.6 is 0 Å². The number of carbonyl (C=O) groups excluding carboxylic acids is 1. The second kappa shape index (κ2) is 6.83. The molecule has 1 aromatic heterocycles. The Labute approximate surface area is 169 Å². The van der Waals surface area contributed by atoms with E-state index >= 15 is 0 Å². The number of rotatable bonds is 4. The lowest BCUT2D eigenvalue weighted by Gasteiger charge is -2.16. The van der Waals surface area contributed by atoms with Crippen molar-refractivity contribution in [2.75, 3.05) is 16.7 Å². The molecule has 0 saturated heterocycles. The number of fused-ring (bicyclic) bond motifs is 1. The van der Waals surface area contributed by atoms with Gasteiger partial charge in [0.15, 0.2) is 0 Å². The van der Waals surface area contributed by atoms with E-state index < -0.39 is 21.8 Å². The fourth-order valence-electron chi connectivity index (χ4n) is 3.14. The highest BCUT2D eigenvalue weighted by atomic mass is 32.2. The molecular formula is C18H14F3N5O3S. The number of nitrogens with one attached hydrogen (secondary N) is 1. The van der Waals surface area contributed by atoms with E-state index in [4.69, 9.17) is 0 Å². The number of sulfonamides is 1. The third-order valence-electron chi connectivity index (χ3n) is 4.67. The van der Waals surface area contributed by atoms with Crippen molar-refractivity contribution in [1.82, 2.24) is 14.8 Å². The number of hydrogen-bond acceptors (Lipinski definition) is 5. The van der Waals surface area contributed by atoms with Crippen molar-refractivity contribution in [3.8, 4) is 5.69 Å². The lowest BCUT2D eigenvalue weighted by molar-refractivity contribution is -0.137. The summed E-state index contributed by atoms with van der Waals surface area (Å²) in [5.74, 6) is -0.182. The number of carbonyl (C=O) groups is 1. The highest BCUT2D eigenvalue weighted by molar-refractivity contribution is 7.92. The van der Waals surface area contributed by atoms with Crippen molar-refractivity contribution < 1.29 is 26.4 Å². The molecule has 8 nitrogen and oxygen atoms in total. The van der Waals surface area contributed by atoms with Crippen molar-refractivity contribution in [1.29, 1.82) is 0 Å². The predicted molar refractivity (Wildman–Crippen MR) is 101 cm³/mol. The van der Waals surface area contributed by atoms with Crippen LogP contribution in [0.4, 0.5) is 24.5 Å². The van der Waals surface area contributed by atoms with Gasteiger partial charge >= 0.3 is 6.18 Å². The van der Waals surface area contributed by atoms with E-state index in [2.05, 4.69) is 14.8 Å². The van der Waals surface area contributed by atoms with Crippen LogP contribution in [-0.2, 0) is 27.4 Å². The zero-order valence-corrected chi connectivity index (χ0v) is 16.2. The molecule has 1 N–H and O–H groups in total. The zero-order chi connectivity index (χ0) is 21.7. The maximum atomic E-state index is 13.2. The average Bonchev–Trinajstić information content (AvgIpc) is 3.29. The van der Waals surface area contributed by atoms with Crippen molar-refractivity contribution in [2.45, 2.75) is 17.5 Å². The summed E-state index contributed by atoms with van der Waals surface area (Å²) < 4.78 is 68.7. The number of amides is 1. The molecule has 2 heterocycles. The van der Waals surface area contributed by atoms with Crippen LogP contribution in [0.5, 0.6) is 0 Å². The van der Waals surface area contributed by atoms with Crippen LogP contribution < -0.4 is 9.62 Å². The minimum atomic E-state index is -4.67. The van der Waals surface area contributed by atoms with Gasteiger partial charge in [0, 0.05) is 12.7 Å². The lowest BCUT2D eigenvalue weighted by atomic mass is 10.1. The van der Waals surface area contributed by atoms with Crippen molar-refractivity contribution in [3.05, 3.63) is 60.2 Å². The normalized spacial score (nSPS) is 14.1. The summed E-state index contributed by atoms with van der Waals surface area (Å²) in [6.07, 6.45) is -2.22. The summed E-state index contributed by atoms with van der Waals surface area (Å²) in [7, 11) is -2.68. The largest absolute Gasteiger partial charge is 0.416 e. The minimum absolute atomic E-state index is 0.0446. The molecule has 2 aromatic carbocycles. The van der Waals surface area contributed by atoms with E-state index in [9.17, 15) is 26.4 Å². The number of likely N-dealkylation sites (N-methyl/N-ethyl adjacent to an activating group) is 1. The van der Waals surface area contributed by atoms with E-state index in [0.29, 0.717) is 17.3 Å². The first-order valence-electron chi connectivity index (χ1n) is 8.55. The van der Waals surface area contributed by atoms with E-state index in [0.717, 1.165) is 16.8 Å². The predicted octanol–water partition coefficient (Wildman–Crippen LogP) is 2.61. The summed E-state index contributed by atoms with van der Waals surface area (Å²) in [6, 6.07) is 6.73. The third kappa shape index (κ3) is 3.49. The Balaban J connectivity index is 1.76. The van der Waals surface area contributed by atoms with Crippen molar-refractivity contribution >= 4 is 27.3 Å². The fraction of sp³-hybridized carbons (Fsp3) is 0.167. The number of halogens is 3. The Kier molecular flexibility index (Phi) is 4.53. The lowest BCUT2D eigenvalue weighted by Crippen LogP contribution is -2.20. The number of hydrogen-bond donors (Lipinski definition) is 1. The summed E-state index contributed by atoms with van der Waals surface area (Å²) in [5.41, 5.74) is -0.165. The number of benzene rings is 2. The Morgan fingerprint density at radius 3 is 2.50 bits per heavy atom. The Hall–Kier alpha value is -3.41. The van der Waals surface area contributed by atoms with Gasteiger partial charge in [-0.2, -0.15) is 18.3 Å². The van der Waals surface area contributed by atoms with Crippen molar-refractivity contribution in [3.63, 3.8) is 0 Å². The molecule has 0 bridgehead atoms. The third-order valence-corrected chi connectivity index (χ3v) is 6.04. The van der Waals surface area contributed by atoms with Gasteiger partial charge in [-0.25, -0.2) is 18.1 Å². The molecule has 0 aliphatic carbocycles. The molecule has 1 amide bonds. The van der Waals surface area contributed by atoms with Crippen LogP contribution in [-0.4, -0.2) is 36.1 Å². The van der Waals surface area contributed by atoms with Crippen LogP contribution in [0.3, 0.4) is 0 Å². The number of aromatic nitrogens is 3. The van der Waals surface area contributed by atoms with E-state index in [1.807, 2.05) is 0 Å². The zero-order valence-electron chi connectivity index (χ0n) is 15.4. The van der Waals surface area contributed by atoms with Gasteiger partial charge in [0.1, 0.15) is 12.7 Å². The first kappa shape index (κ1) is 19.9. The standard InChI is InChI=1S/C18H14F3N5O3S/c1-25-15-5-3-13(6-11(15)7-17(25)27)30(28,29)24-14-8-12(18(19,20)21)2-4-16(14)26-10-22-9-23-26/h2-6,8-10,24H,7H2,1H3. The van der Waals surface area contributed by atoms with Gasteiger partial charge in [-0.05, 0) is 42.0 Å². The number of alkyl halides is 3. The van der Waals surface area contributed by atoms with Gasteiger partial charge in [0.05, 0.1) is 28.3 Å². The smallest absolute Gasteiger partial charge is 0.315 e. The molecule has 12 heteroatoms. The molecule has 3 aromatic rings. The maximum Gasteiger partial charge on any atom is 0.416 e. The quantitative estimate of drug-likeness (QED) is 0.677. The topological polar surface area (TPSA) is 97.2 Å². The van der Waals surface area contributed by atoms with Gasteiger partial charge in [-0.3, -0.25) is 9.52 Å². The molecule has 0 radical (unpaired) electrons. The first-order valence-corrected chi connectivity index (χ1v) is 10.0. The van der Waals surface area contributed by atoms with E-state index in [-0.39, 0.29) is 28.6 Å². The van der Waals surface area contributed by atoms with Crippen LogP contribution in [0.15, 0.2) is 53.9 Å². The van der Waals surface area contributed by atoms with Crippen molar-refractivity contribution in [2.24, 2.45) is 0 Å². The van der Waals surface area contributed by atoms with Crippen LogP contribution in [0, 0.1) is 0 Å². The van der Waals surface area contributed by atoms with Gasteiger partial charge in [0.25, 0.3) is 10.0 Å². The monoisotopic (exact) mass is 437 g/mol. The molecule has 0 unspecified atom stereocenters. The molecule has 156 valence electrons. The molecule has 0 saturated carbocycles. The van der Waals surface area contributed by atoms with E-state index in [1.54, 1.807) is 7.05 Å². The second-order valence-electron chi connectivity index (χ2n) is 6.60. The first-order chi connectivity index (χ1) is 14.1. The molecule has 0 atom stereocenters. The highest BCUT2D eigenvalue weighted by Gasteiger charge is 2.32. The molecule has 0 fully saturated rings. The molecule has 1 aliphatic rings. The van der Waals surface area contributed by atoms with Crippen LogP contribution in [0.1, 0.15) is 11.1 Å². The minimum Gasteiger partial charge on any atom is -0.315 e. The number of anilines is 2. The summed E-state index contributed by atoms with van der Waals surface area (Å²) >= 11 is 0. The van der Waals surface area contributed by atoms with E-state index in [1.165, 1.54) is 35.8 Å². The Morgan fingerprint density at radius 2 is 1.83 bits per heavy atom. The molecule has 4 rings (SSSR count). The molecule has 30 heavy (non-hydrogen) atoms. The van der Waals surface area contributed by atoms with Gasteiger partial charge in [-0.1, -0.05) is 0 Å². The van der Waals surface area contributed by atoms with Gasteiger partial charge in [-0.15, -0.1) is 0 Å². The van der Waals surface area contributed by atoms with Gasteiger partial charge in [0.2, 0.25) is 5.91 Å². The van der Waals surface area contributed by atoms with Crippen LogP contribution in [0.25, 0.3) is 5.69 Å². The number of nitrogens with zero attached hydrogens (tertiary/aromatic N) is 4. The van der Waals surface area contributed by atoms with Gasteiger partial charge < -0.3 is 4.90 Å². The molecule has 1 aliphatic heterocycles. The summed E-state index contributed by atoms with van der Waals surface area (Å²) in [5, 5.41) is 3.85. The average molecular weight is 437 g/mol. The second-order valence-corrected chi connectivity index (χ2v) is 8.28. The highest BCUT2D eigenvalue weighted by Crippen LogP contribution is 2.35. The maximum absolute atomic E-state index is 13.2.